The lowest BCUT2D eigenvalue weighted by atomic mass is 9.87. The molecule has 0 bridgehead atoms. The lowest BCUT2D eigenvalue weighted by molar-refractivity contribution is -0.134. The van der Waals surface area contributed by atoms with E-state index in [0.717, 1.165) is 0 Å². The molecule has 2 N–H and O–H groups in total. The predicted octanol–water partition coefficient (Wildman–Crippen LogP) is 4.29. The number of esters is 1. The fourth-order valence-corrected chi connectivity index (χ4v) is 4.39. The van der Waals surface area contributed by atoms with Crippen LogP contribution in [0.5, 0.6) is 11.5 Å². The van der Waals surface area contributed by atoms with Crippen LogP contribution in [0, 0.1) is 0 Å². The highest BCUT2D eigenvalue weighted by molar-refractivity contribution is 6.06. The van der Waals surface area contributed by atoms with E-state index in [9.17, 15) is 19.8 Å². The lowest BCUT2D eigenvalue weighted by Gasteiger charge is -2.40. The second kappa shape index (κ2) is 11.1. The number of methoxy groups -OCH3 is 2. The predicted molar refractivity (Wildman–Crippen MR) is 143 cm³/mol. The van der Waals surface area contributed by atoms with E-state index in [1.54, 1.807) is 79.4 Å². The highest BCUT2D eigenvalue weighted by atomic mass is 16.5. The van der Waals surface area contributed by atoms with E-state index < -0.39 is 23.8 Å². The van der Waals surface area contributed by atoms with Crippen molar-refractivity contribution < 1.29 is 34.0 Å². The van der Waals surface area contributed by atoms with E-state index in [-0.39, 0.29) is 12.5 Å². The Hall–Kier alpha value is -4.14. The van der Waals surface area contributed by atoms with Gasteiger partial charge in [0.15, 0.2) is 11.5 Å². The summed E-state index contributed by atoms with van der Waals surface area (Å²) in [4.78, 5) is 26.9. The Morgan fingerprint density at radius 2 is 1.76 bits per heavy atom. The summed E-state index contributed by atoms with van der Waals surface area (Å²) in [5.41, 5.74) is 1.80. The van der Waals surface area contributed by atoms with Crippen LogP contribution in [0.3, 0.4) is 0 Å². The molecule has 3 aromatic rings. The van der Waals surface area contributed by atoms with E-state index in [1.165, 1.54) is 20.3 Å². The number of nitrogens with zero attached hydrogens (tertiary/aromatic N) is 1. The normalized spacial score (nSPS) is 17.8. The van der Waals surface area contributed by atoms with Crippen LogP contribution in [0.1, 0.15) is 47.0 Å². The van der Waals surface area contributed by atoms with Gasteiger partial charge in [-0.05, 0) is 49.8 Å². The third-order valence-electron chi connectivity index (χ3n) is 6.51. The van der Waals surface area contributed by atoms with Gasteiger partial charge in [-0.25, -0.2) is 4.79 Å². The minimum atomic E-state index is -1.16. The minimum Gasteiger partial charge on any atom is -0.492 e. The molecule has 0 unspecified atom stereocenters. The van der Waals surface area contributed by atoms with Crippen LogP contribution in [0.25, 0.3) is 6.08 Å². The van der Waals surface area contributed by atoms with Crippen LogP contribution in [0.4, 0.5) is 5.69 Å². The molecule has 38 heavy (non-hydrogen) atoms. The molecule has 0 saturated carbocycles. The number of carbonyl (C=O) groups is 2. The number of rotatable bonds is 7. The zero-order valence-corrected chi connectivity index (χ0v) is 21.8. The van der Waals surface area contributed by atoms with Crippen molar-refractivity contribution in [1.82, 2.24) is 0 Å². The molecule has 1 amide bonds. The number of aliphatic hydroxyl groups excluding tert-OH is 2. The molecule has 1 heterocycles. The van der Waals surface area contributed by atoms with Crippen LogP contribution in [0.2, 0.25) is 0 Å². The molecule has 2 atom stereocenters. The number of hydrogen-bond donors (Lipinski definition) is 2. The van der Waals surface area contributed by atoms with Crippen molar-refractivity contribution in [3.8, 4) is 11.5 Å². The molecule has 0 aromatic heterocycles. The van der Waals surface area contributed by atoms with E-state index >= 15 is 0 Å². The summed E-state index contributed by atoms with van der Waals surface area (Å²) in [5, 5.41) is 21.2. The molecule has 8 heteroatoms. The second-order valence-corrected chi connectivity index (χ2v) is 9.48. The first kappa shape index (κ1) is 26.9. The topological polar surface area (TPSA) is 106 Å². The van der Waals surface area contributed by atoms with Crippen molar-refractivity contribution in [3.05, 3.63) is 95.1 Å². The summed E-state index contributed by atoms with van der Waals surface area (Å²) in [5.74, 6) is -0.0263. The van der Waals surface area contributed by atoms with Gasteiger partial charge in [0.2, 0.25) is 0 Å². The van der Waals surface area contributed by atoms with Crippen molar-refractivity contribution in [2.75, 3.05) is 19.1 Å². The monoisotopic (exact) mass is 517 g/mol. The van der Waals surface area contributed by atoms with E-state index in [1.807, 2.05) is 12.1 Å². The van der Waals surface area contributed by atoms with E-state index in [2.05, 4.69) is 4.74 Å². The van der Waals surface area contributed by atoms with Gasteiger partial charge in [0, 0.05) is 28.5 Å². The molecule has 0 radical (unpaired) electrons. The van der Waals surface area contributed by atoms with E-state index in [0.29, 0.717) is 39.4 Å². The Morgan fingerprint density at radius 3 is 2.45 bits per heavy atom. The Bertz CT molecular complexity index is 1350. The zero-order chi connectivity index (χ0) is 27.4. The molecule has 0 saturated heterocycles. The van der Waals surface area contributed by atoms with Gasteiger partial charge in [-0.2, -0.15) is 0 Å². The average molecular weight is 518 g/mol. The first-order valence-electron chi connectivity index (χ1n) is 12.1. The van der Waals surface area contributed by atoms with Crippen molar-refractivity contribution in [3.63, 3.8) is 0 Å². The summed E-state index contributed by atoms with van der Waals surface area (Å²) >= 11 is 0. The van der Waals surface area contributed by atoms with Crippen molar-refractivity contribution in [1.29, 1.82) is 0 Å². The quantitative estimate of drug-likeness (QED) is 0.356. The molecule has 0 fully saturated rings. The summed E-state index contributed by atoms with van der Waals surface area (Å²) < 4.78 is 16.5. The van der Waals surface area contributed by atoms with Crippen LogP contribution in [0.15, 0.2) is 72.8 Å². The Labute approximate surface area is 221 Å². The number of aliphatic hydroxyl groups is 2. The number of amides is 1. The lowest BCUT2D eigenvalue weighted by Crippen LogP contribution is -2.48. The molecule has 8 nitrogen and oxygen atoms in total. The van der Waals surface area contributed by atoms with Crippen molar-refractivity contribution in [2.45, 2.75) is 38.2 Å². The molecular weight excluding hydrogens is 486 g/mol. The molecule has 4 rings (SSSR count). The van der Waals surface area contributed by atoms with Crippen LogP contribution >= 0.6 is 0 Å². The molecule has 198 valence electrons. The van der Waals surface area contributed by atoms with Gasteiger partial charge in [0.1, 0.15) is 17.8 Å². The fraction of sp³-hybridized carbons (Fsp3) is 0.267. The second-order valence-electron chi connectivity index (χ2n) is 9.48. The summed E-state index contributed by atoms with van der Waals surface area (Å²) in [6.45, 7) is 3.50. The summed E-state index contributed by atoms with van der Waals surface area (Å²) in [6, 6.07) is 19.6. The Morgan fingerprint density at radius 1 is 1.03 bits per heavy atom. The smallest absolute Gasteiger partial charge is 0.330 e. The first-order chi connectivity index (χ1) is 18.2. The summed E-state index contributed by atoms with van der Waals surface area (Å²) in [6.07, 6.45) is 0.649. The number of anilines is 1. The van der Waals surface area contributed by atoms with E-state index in [4.69, 9.17) is 9.47 Å². The number of fused-ring (bicyclic) bond motifs is 1. The van der Waals surface area contributed by atoms with Gasteiger partial charge in [-0.3, -0.25) is 4.79 Å². The first-order valence-corrected chi connectivity index (χ1v) is 12.1. The van der Waals surface area contributed by atoms with Crippen LogP contribution < -0.4 is 14.4 Å². The molecule has 3 aromatic carbocycles. The SMILES string of the molecule is COC(=O)/C=C/c1cccc(N(Cc2ccc3c(c2OC)OC(C)(C)[C@@H](O)[C@H]3O)C(=O)c2ccccc2)c1. The molecular formula is C30H31NO7. The van der Waals surface area contributed by atoms with Crippen molar-refractivity contribution >= 4 is 23.6 Å². The molecule has 1 aliphatic heterocycles. The van der Waals surface area contributed by atoms with Gasteiger partial charge in [0.25, 0.3) is 5.91 Å². The number of hydrogen-bond acceptors (Lipinski definition) is 7. The standard InChI is InChI=1S/C30H31NO7/c1-30(2)28(34)25(33)23-15-14-21(26(37-4)27(23)38-30)18-31(29(35)20-10-6-5-7-11-20)22-12-8-9-19(17-22)13-16-24(32)36-3/h5-17,25,28,33-34H,18H2,1-4H3/b16-13+/t25-,28-/m0/s1. The minimum absolute atomic E-state index is 0.122. The largest absolute Gasteiger partial charge is 0.492 e. The molecule has 1 aliphatic rings. The number of benzene rings is 3. The zero-order valence-electron chi connectivity index (χ0n) is 21.8. The van der Waals surface area contributed by atoms with Crippen LogP contribution in [-0.2, 0) is 16.1 Å². The molecule has 0 aliphatic carbocycles. The third-order valence-corrected chi connectivity index (χ3v) is 6.51. The van der Waals surface area contributed by atoms with Gasteiger partial charge >= 0.3 is 5.97 Å². The van der Waals surface area contributed by atoms with Gasteiger partial charge in [0.05, 0.1) is 20.8 Å². The molecule has 0 spiro atoms. The average Bonchev–Trinajstić information content (AvgIpc) is 2.93. The van der Waals surface area contributed by atoms with Gasteiger partial charge < -0.3 is 29.3 Å². The van der Waals surface area contributed by atoms with Gasteiger partial charge in [-0.1, -0.05) is 42.5 Å². The number of carbonyl (C=O) groups excluding carboxylic acids is 2. The maximum Gasteiger partial charge on any atom is 0.330 e. The maximum absolute atomic E-state index is 13.7. The summed E-state index contributed by atoms with van der Waals surface area (Å²) in [7, 11) is 2.80. The Balaban J connectivity index is 1.78. The van der Waals surface area contributed by atoms with Crippen LogP contribution in [-0.4, -0.2) is 48.0 Å². The maximum atomic E-state index is 13.7. The van der Waals surface area contributed by atoms with Crippen molar-refractivity contribution in [2.24, 2.45) is 0 Å². The number of ether oxygens (including phenoxy) is 3. The van der Waals surface area contributed by atoms with Gasteiger partial charge in [-0.15, -0.1) is 0 Å². The highest BCUT2D eigenvalue weighted by Crippen LogP contribution is 2.47. The third kappa shape index (κ3) is 5.41. The Kier molecular flexibility index (Phi) is 7.85. The highest BCUT2D eigenvalue weighted by Gasteiger charge is 2.44. The fourth-order valence-electron chi connectivity index (χ4n) is 4.39.